The Labute approximate surface area is 136 Å². The monoisotopic (exact) mass is 336 g/mol. The molecule has 2 heterocycles. The lowest BCUT2D eigenvalue weighted by molar-refractivity contribution is -0.135. The number of hydrogen-bond donors (Lipinski definition) is 1. The van der Waals surface area contributed by atoms with Crippen LogP contribution >= 0.6 is 12.4 Å². The summed E-state index contributed by atoms with van der Waals surface area (Å²) in [6.45, 7) is 1.52. The molecule has 0 radical (unpaired) electrons. The maximum absolute atomic E-state index is 12.4. The minimum absolute atomic E-state index is 0. The molecule has 0 saturated carbocycles. The van der Waals surface area contributed by atoms with Crippen LogP contribution in [-0.2, 0) is 4.79 Å². The molecule has 0 amide bonds. The van der Waals surface area contributed by atoms with Crippen LogP contribution in [0.1, 0.15) is 6.92 Å². The Bertz CT molecular complexity index is 887. The summed E-state index contributed by atoms with van der Waals surface area (Å²) in [6.07, 6.45) is 2.66. The predicted molar refractivity (Wildman–Crippen MR) is 84.5 cm³/mol. The third-order valence-corrected chi connectivity index (χ3v) is 3.05. The van der Waals surface area contributed by atoms with E-state index in [-0.39, 0.29) is 23.6 Å². The number of nitrogens with two attached hydrogens (primary N) is 1. The van der Waals surface area contributed by atoms with E-state index in [0.717, 1.165) is 0 Å². The third kappa shape index (κ3) is 3.25. The zero-order valence-corrected chi connectivity index (χ0v) is 12.8. The van der Waals surface area contributed by atoms with Crippen LogP contribution in [0.2, 0.25) is 0 Å². The molecule has 7 nitrogen and oxygen atoms in total. The topological polar surface area (TPSA) is 109 Å². The van der Waals surface area contributed by atoms with E-state index in [1.807, 2.05) is 0 Å². The molecule has 3 aromatic rings. The highest BCUT2D eigenvalue weighted by molar-refractivity contribution is 5.85. The summed E-state index contributed by atoms with van der Waals surface area (Å²) in [5.41, 5.74) is 6.16. The van der Waals surface area contributed by atoms with Crippen LogP contribution in [0.15, 0.2) is 50.5 Å². The van der Waals surface area contributed by atoms with Gasteiger partial charge in [-0.3, -0.25) is 4.79 Å². The molecule has 3 rings (SSSR count). The summed E-state index contributed by atoms with van der Waals surface area (Å²) < 4.78 is 15.2. The molecule has 1 aromatic carbocycles. The zero-order valence-electron chi connectivity index (χ0n) is 12.0. The van der Waals surface area contributed by atoms with Crippen LogP contribution in [0.4, 0.5) is 0 Å². The van der Waals surface area contributed by atoms with E-state index in [0.29, 0.717) is 22.2 Å². The molecule has 0 aliphatic heterocycles. The van der Waals surface area contributed by atoms with Gasteiger partial charge in [0.2, 0.25) is 5.43 Å². The number of rotatable bonds is 3. The van der Waals surface area contributed by atoms with Crippen molar-refractivity contribution < 1.29 is 18.5 Å². The zero-order chi connectivity index (χ0) is 15.7. The number of hydrogen-bond acceptors (Lipinski definition) is 7. The molecule has 2 aromatic heterocycles. The second-order valence-corrected chi connectivity index (χ2v) is 4.73. The number of fused-ring (bicyclic) bond motifs is 1. The molecule has 0 aliphatic rings. The van der Waals surface area contributed by atoms with Crippen LogP contribution in [-0.4, -0.2) is 17.2 Å². The van der Waals surface area contributed by atoms with Crippen LogP contribution in [0.3, 0.4) is 0 Å². The van der Waals surface area contributed by atoms with Gasteiger partial charge in [0, 0.05) is 12.1 Å². The first-order valence-electron chi connectivity index (χ1n) is 6.50. The number of esters is 1. The number of carbonyl (C=O) groups excluding carboxylic acids is 1. The van der Waals surface area contributed by atoms with Gasteiger partial charge in [0.05, 0.1) is 10.9 Å². The first kappa shape index (κ1) is 16.7. The van der Waals surface area contributed by atoms with Crippen molar-refractivity contribution in [1.29, 1.82) is 0 Å². The van der Waals surface area contributed by atoms with Crippen molar-refractivity contribution in [2.45, 2.75) is 13.0 Å². The molecule has 1 atom stereocenters. The lowest BCUT2D eigenvalue weighted by atomic mass is 10.1. The molecule has 0 saturated heterocycles. The smallest absolute Gasteiger partial charge is 0.328 e. The average molecular weight is 337 g/mol. The fraction of sp³-hybridized carbons (Fsp3) is 0.133. The second kappa shape index (κ2) is 6.64. The van der Waals surface area contributed by atoms with E-state index in [1.54, 1.807) is 6.07 Å². The number of halogens is 1. The summed E-state index contributed by atoms with van der Waals surface area (Å²) in [6, 6.07) is 5.32. The Morgan fingerprint density at radius 1 is 1.35 bits per heavy atom. The van der Waals surface area contributed by atoms with Gasteiger partial charge in [0.1, 0.15) is 35.6 Å². The van der Waals surface area contributed by atoms with Crippen LogP contribution < -0.4 is 15.9 Å². The van der Waals surface area contributed by atoms with Crippen molar-refractivity contribution in [2.24, 2.45) is 5.73 Å². The largest absolute Gasteiger partial charge is 0.463 e. The molecular formula is C15H13ClN2O5. The summed E-state index contributed by atoms with van der Waals surface area (Å²) in [4.78, 5) is 23.9. The van der Waals surface area contributed by atoms with Gasteiger partial charge in [0.15, 0.2) is 0 Å². The first-order valence-corrected chi connectivity index (χ1v) is 6.50. The van der Waals surface area contributed by atoms with Gasteiger partial charge in [0.25, 0.3) is 0 Å². The highest BCUT2D eigenvalue weighted by Crippen LogP contribution is 2.22. The maximum atomic E-state index is 12.4. The number of nitrogens with zero attached hydrogens (tertiary/aromatic N) is 1. The molecule has 2 N–H and O–H groups in total. The lowest BCUT2D eigenvalue weighted by Gasteiger charge is -2.07. The molecule has 0 aliphatic carbocycles. The standard InChI is InChI=1S/C15H12N2O5.ClH/c1-8(16)15(19)22-9-2-3-10-13(6-9)20-7-11(14(10)18)12-4-5-21-17-12;/h2-8H,16H2,1H3;1H. The van der Waals surface area contributed by atoms with E-state index >= 15 is 0 Å². The van der Waals surface area contributed by atoms with E-state index in [2.05, 4.69) is 5.16 Å². The van der Waals surface area contributed by atoms with Gasteiger partial charge in [-0.25, -0.2) is 4.79 Å². The second-order valence-electron chi connectivity index (χ2n) is 4.73. The van der Waals surface area contributed by atoms with Gasteiger partial charge in [-0.1, -0.05) is 5.16 Å². The normalized spacial score (nSPS) is 11.7. The fourth-order valence-electron chi connectivity index (χ4n) is 1.91. The number of carbonyl (C=O) groups is 1. The van der Waals surface area contributed by atoms with Crippen molar-refractivity contribution in [3.8, 4) is 17.0 Å². The predicted octanol–water partition coefficient (Wildman–Crippen LogP) is 2.12. The van der Waals surface area contributed by atoms with Gasteiger partial charge >= 0.3 is 5.97 Å². The quantitative estimate of drug-likeness (QED) is 0.576. The molecule has 0 spiro atoms. The molecule has 0 fully saturated rings. The highest BCUT2D eigenvalue weighted by Gasteiger charge is 2.14. The summed E-state index contributed by atoms with van der Waals surface area (Å²) >= 11 is 0. The van der Waals surface area contributed by atoms with Crippen molar-refractivity contribution >= 4 is 29.3 Å². The molecule has 23 heavy (non-hydrogen) atoms. The van der Waals surface area contributed by atoms with Crippen molar-refractivity contribution in [3.05, 3.63) is 47.0 Å². The Morgan fingerprint density at radius 3 is 2.78 bits per heavy atom. The molecule has 0 bridgehead atoms. The van der Waals surface area contributed by atoms with Gasteiger partial charge in [-0.15, -0.1) is 12.4 Å². The minimum Gasteiger partial charge on any atom is -0.463 e. The highest BCUT2D eigenvalue weighted by atomic mass is 35.5. The SMILES string of the molecule is CC(N)C(=O)Oc1ccc2c(=O)c(-c3ccon3)coc2c1.Cl. The molecule has 120 valence electrons. The average Bonchev–Trinajstić information content (AvgIpc) is 3.01. The summed E-state index contributed by atoms with van der Waals surface area (Å²) in [5, 5.41) is 4.06. The first-order chi connectivity index (χ1) is 10.6. The Morgan fingerprint density at radius 2 is 2.13 bits per heavy atom. The van der Waals surface area contributed by atoms with Crippen molar-refractivity contribution in [1.82, 2.24) is 5.16 Å². The number of benzene rings is 1. The minimum atomic E-state index is -0.739. The molecule has 1 unspecified atom stereocenters. The van der Waals surface area contributed by atoms with Gasteiger partial charge in [-0.2, -0.15) is 0 Å². The molecular weight excluding hydrogens is 324 g/mol. The van der Waals surface area contributed by atoms with E-state index in [1.165, 1.54) is 37.6 Å². The van der Waals surface area contributed by atoms with E-state index < -0.39 is 12.0 Å². The van der Waals surface area contributed by atoms with Crippen LogP contribution in [0.5, 0.6) is 5.75 Å². The van der Waals surface area contributed by atoms with Crippen molar-refractivity contribution in [3.63, 3.8) is 0 Å². The number of aromatic nitrogens is 1. The van der Waals surface area contributed by atoms with E-state index in [4.69, 9.17) is 19.4 Å². The van der Waals surface area contributed by atoms with Gasteiger partial charge in [-0.05, 0) is 19.1 Å². The van der Waals surface area contributed by atoms with Crippen molar-refractivity contribution in [2.75, 3.05) is 0 Å². The third-order valence-electron chi connectivity index (χ3n) is 3.05. The Hall–Kier alpha value is -2.64. The van der Waals surface area contributed by atoms with Crippen LogP contribution in [0.25, 0.3) is 22.2 Å². The number of ether oxygens (including phenoxy) is 1. The molecule has 8 heteroatoms. The van der Waals surface area contributed by atoms with Crippen LogP contribution in [0, 0.1) is 0 Å². The summed E-state index contributed by atoms with van der Waals surface area (Å²) in [5.74, 6) is -0.312. The maximum Gasteiger partial charge on any atom is 0.328 e. The van der Waals surface area contributed by atoms with Gasteiger partial charge < -0.3 is 19.4 Å². The summed E-state index contributed by atoms with van der Waals surface area (Å²) in [7, 11) is 0. The Balaban J connectivity index is 0.00000192. The fourth-order valence-corrected chi connectivity index (χ4v) is 1.91. The van der Waals surface area contributed by atoms with E-state index in [9.17, 15) is 9.59 Å². The Kier molecular flexibility index (Phi) is 4.83. The lowest BCUT2D eigenvalue weighted by Crippen LogP contribution is -2.30.